The van der Waals surface area contributed by atoms with Crippen molar-refractivity contribution in [2.75, 3.05) is 52.9 Å². The van der Waals surface area contributed by atoms with Crippen LogP contribution in [0.25, 0.3) is 0 Å². The molecule has 10 heteroatoms. The number of hydrogen-bond donors (Lipinski definition) is 2. The van der Waals surface area contributed by atoms with E-state index < -0.39 is 0 Å². The molecule has 0 unspecified atom stereocenters. The van der Waals surface area contributed by atoms with E-state index in [0.717, 1.165) is 48.4 Å². The smallest absolute Gasteiger partial charge is 0.203 e. The van der Waals surface area contributed by atoms with Crippen LogP contribution in [0.1, 0.15) is 24.1 Å². The van der Waals surface area contributed by atoms with E-state index in [4.69, 9.17) is 19.2 Å². The zero-order valence-corrected chi connectivity index (χ0v) is 21.7. The van der Waals surface area contributed by atoms with Crippen LogP contribution in [-0.4, -0.2) is 59.0 Å². The number of guanidine groups is 1. The first-order valence-corrected chi connectivity index (χ1v) is 11.0. The molecule has 2 aromatic rings. The Balaban J connectivity index is 0.00000341. The number of nitrogens with zero attached hydrogens (tertiary/aromatic N) is 3. The van der Waals surface area contributed by atoms with E-state index >= 15 is 0 Å². The van der Waals surface area contributed by atoms with Crippen molar-refractivity contribution in [2.24, 2.45) is 4.99 Å². The quantitative estimate of drug-likeness (QED) is 0.276. The maximum Gasteiger partial charge on any atom is 0.203 e. The number of ether oxygens (including phenoxy) is 3. The monoisotopic (exact) mass is 561 g/mol. The Kier molecular flexibility index (Phi) is 10.4. The van der Waals surface area contributed by atoms with Gasteiger partial charge in [-0.3, -0.25) is 4.99 Å². The summed E-state index contributed by atoms with van der Waals surface area (Å²) in [6, 6.07) is 3.85. The largest absolute Gasteiger partial charge is 0.493 e. The highest BCUT2D eigenvalue weighted by atomic mass is 127. The average Bonchev–Trinajstić information content (AvgIpc) is 3.47. The molecule has 2 N–H and O–H groups in total. The summed E-state index contributed by atoms with van der Waals surface area (Å²) in [5.74, 6) is 2.59. The van der Waals surface area contributed by atoms with Crippen molar-refractivity contribution >= 4 is 46.4 Å². The van der Waals surface area contributed by atoms with Gasteiger partial charge in [0.05, 0.1) is 27.0 Å². The molecule has 1 saturated heterocycles. The average molecular weight is 561 g/mol. The van der Waals surface area contributed by atoms with Gasteiger partial charge in [0, 0.05) is 45.0 Å². The number of nitrogens with one attached hydrogen (secondary N) is 2. The fraction of sp³-hybridized carbons (Fsp3) is 0.524. The Morgan fingerprint density at radius 2 is 1.77 bits per heavy atom. The summed E-state index contributed by atoms with van der Waals surface area (Å²) in [5, 5.41) is 9.97. The number of hydrogen-bond acceptors (Lipinski definition) is 7. The second-order valence-electron chi connectivity index (χ2n) is 6.95. The topological polar surface area (TPSA) is 80.2 Å². The minimum Gasteiger partial charge on any atom is -0.493 e. The molecule has 8 nitrogen and oxygen atoms in total. The highest BCUT2D eigenvalue weighted by Gasteiger charge is 2.16. The summed E-state index contributed by atoms with van der Waals surface area (Å²) in [5.41, 5.74) is 2.12. The molecule has 31 heavy (non-hydrogen) atoms. The lowest BCUT2D eigenvalue weighted by Gasteiger charge is -2.16. The molecule has 0 atom stereocenters. The molecule has 0 amide bonds. The second-order valence-corrected chi connectivity index (χ2v) is 7.79. The van der Waals surface area contributed by atoms with Crippen LogP contribution in [0.3, 0.4) is 0 Å². The van der Waals surface area contributed by atoms with Crippen molar-refractivity contribution < 1.29 is 14.2 Å². The van der Waals surface area contributed by atoms with Crippen molar-refractivity contribution in [3.63, 3.8) is 0 Å². The molecule has 3 rings (SSSR count). The van der Waals surface area contributed by atoms with Crippen LogP contribution in [0.5, 0.6) is 17.2 Å². The Hall–Kier alpha value is -1.95. The van der Waals surface area contributed by atoms with Gasteiger partial charge in [0.2, 0.25) is 5.75 Å². The molecular formula is C21H32IN5O3S. The number of rotatable bonds is 9. The standard InChI is InChI=1S/C21H31N5O3S.HI/c1-22-20(23-8-7-16-14-30-21(25-16)26-9-5-6-10-26)24-13-15-11-17(27-2)19(29-4)18(12-15)28-3;/h11-12,14H,5-10,13H2,1-4H3,(H2,22,23,24);1H. The SMILES string of the molecule is CN=C(NCCc1csc(N2CCCC2)n1)NCc1cc(OC)c(OC)c(OC)c1.I. The van der Waals surface area contributed by atoms with E-state index in [0.29, 0.717) is 23.8 Å². The van der Waals surface area contributed by atoms with E-state index in [-0.39, 0.29) is 24.0 Å². The Morgan fingerprint density at radius 3 is 2.35 bits per heavy atom. The molecule has 0 aliphatic carbocycles. The lowest BCUT2D eigenvalue weighted by Crippen LogP contribution is -2.37. The molecule has 172 valence electrons. The van der Waals surface area contributed by atoms with Crippen LogP contribution < -0.4 is 29.7 Å². The first-order valence-electron chi connectivity index (χ1n) is 10.1. The summed E-state index contributed by atoms with van der Waals surface area (Å²) in [6.45, 7) is 3.59. The summed E-state index contributed by atoms with van der Waals surface area (Å²) in [6.07, 6.45) is 3.39. The van der Waals surface area contributed by atoms with Gasteiger partial charge in [0.15, 0.2) is 22.6 Å². The van der Waals surface area contributed by atoms with Gasteiger partial charge < -0.3 is 29.7 Å². The highest BCUT2D eigenvalue weighted by molar-refractivity contribution is 14.0. The Labute approximate surface area is 205 Å². The number of thiazole rings is 1. The fourth-order valence-corrected chi connectivity index (χ4v) is 4.33. The zero-order chi connectivity index (χ0) is 21.3. The Bertz CT molecular complexity index is 830. The van der Waals surface area contributed by atoms with Crippen molar-refractivity contribution in [1.82, 2.24) is 15.6 Å². The molecule has 1 fully saturated rings. The molecule has 0 spiro atoms. The van der Waals surface area contributed by atoms with E-state index in [2.05, 4.69) is 25.9 Å². The molecule has 2 heterocycles. The molecule has 1 aromatic heterocycles. The Morgan fingerprint density at radius 1 is 1.10 bits per heavy atom. The van der Waals surface area contributed by atoms with Crippen LogP contribution in [0, 0.1) is 0 Å². The summed E-state index contributed by atoms with van der Waals surface area (Å²) in [7, 11) is 6.59. The van der Waals surface area contributed by atoms with Crippen LogP contribution in [0.15, 0.2) is 22.5 Å². The fourth-order valence-electron chi connectivity index (χ4n) is 3.42. The van der Waals surface area contributed by atoms with Gasteiger partial charge in [-0.2, -0.15) is 0 Å². The maximum absolute atomic E-state index is 5.42. The zero-order valence-electron chi connectivity index (χ0n) is 18.6. The molecule has 0 saturated carbocycles. The van der Waals surface area contributed by atoms with E-state index in [1.807, 2.05) is 12.1 Å². The predicted molar refractivity (Wildman–Crippen MR) is 137 cm³/mol. The molecule has 0 radical (unpaired) electrons. The van der Waals surface area contributed by atoms with E-state index in [1.165, 1.54) is 12.8 Å². The maximum atomic E-state index is 5.42. The molecule has 1 aliphatic rings. The van der Waals surface area contributed by atoms with Crippen LogP contribution in [0.4, 0.5) is 5.13 Å². The molecule has 1 aliphatic heterocycles. The first-order chi connectivity index (χ1) is 14.7. The van der Waals surface area contributed by atoms with Gasteiger partial charge in [0.1, 0.15) is 0 Å². The van der Waals surface area contributed by atoms with Gasteiger partial charge in [-0.15, -0.1) is 35.3 Å². The van der Waals surface area contributed by atoms with Crippen LogP contribution >= 0.6 is 35.3 Å². The highest BCUT2D eigenvalue weighted by Crippen LogP contribution is 2.38. The van der Waals surface area contributed by atoms with Crippen LogP contribution in [-0.2, 0) is 13.0 Å². The van der Waals surface area contributed by atoms with E-state index in [1.54, 1.807) is 39.7 Å². The normalized spacial score (nSPS) is 13.5. The molecular weight excluding hydrogens is 529 g/mol. The van der Waals surface area contributed by atoms with Crippen molar-refractivity contribution in [3.05, 3.63) is 28.8 Å². The molecule has 0 bridgehead atoms. The summed E-state index contributed by atoms with van der Waals surface area (Å²) >= 11 is 1.74. The van der Waals surface area contributed by atoms with Crippen molar-refractivity contribution in [1.29, 1.82) is 0 Å². The van der Waals surface area contributed by atoms with Gasteiger partial charge in [0.25, 0.3) is 0 Å². The number of aromatic nitrogens is 1. The van der Waals surface area contributed by atoms with Gasteiger partial charge in [-0.1, -0.05) is 0 Å². The summed E-state index contributed by atoms with van der Waals surface area (Å²) in [4.78, 5) is 11.4. The van der Waals surface area contributed by atoms with Gasteiger partial charge in [-0.25, -0.2) is 4.98 Å². The minimum atomic E-state index is 0. The minimum absolute atomic E-state index is 0. The third-order valence-electron chi connectivity index (χ3n) is 5.00. The van der Waals surface area contributed by atoms with E-state index in [9.17, 15) is 0 Å². The summed E-state index contributed by atoms with van der Waals surface area (Å²) < 4.78 is 16.2. The number of methoxy groups -OCH3 is 3. The molecule has 1 aromatic carbocycles. The predicted octanol–water partition coefficient (Wildman–Crippen LogP) is 3.29. The van der Waals surface area contributed by atoms with Crippen LogP contribution in [0.2, 0.25) is 0 Å². The number of benzene rings is 1. The second kappa shape index (κ2) is 12.8. The lowest BCUT2D eigenvalue weighted by atomic mass is 10.2. The van der Waals surface area contributed by atoms with Gasteiger partial charge in [-0.05, 0) is 30.5 Å². The van der Waals surface area contributed by atoms with Crippen molar-refractivity contribution in [3.8, 4) is 17.2 Å². The number of halogens is 1. The lowest BCUT2D eigenvalue weighted by molar-refractivity contribution is 0.323. The third kappa shape index (κ3) is 6.76. The van der Waals surface area contributed by atoms with Crippen molar-refractivity contribution in [2.45, 2.75) is 25.8 Å². The number of aliphatic imine (C=N–C) groups is 1. The third-order valence-corrected chi connectivity index (χ3v) is 5.95. The first kappa shape index (κ1) is 25.3. The van der Waals surface area contributed by atoms with Gasteiger partial charge >= 0.3 is 0 Å². The number of anilines is 1.